The van der Waals surface area contributed by atoms with Gasteiger partial charge < -0.3 is 20.3 Å². The van der Waals surface area contributed by atoms with E-state index >= 15 is 0 Å². The van der Waals surface area contributed by atoms with Crippen molar-refractivity contribution in [3.63, 3.8) is 0 Å². The number of pyridine rings is 1. The summed E-state index contributed by atoms with van der Waals surface area (Å²) in [4.78, 5) is 18.7. The van der Waals surface area contributed by atoms with E-state index in [1.54, 1.807) is 4.52 Å². The highest BCUT2D eigenvalue weighted by Gasteiger charge is 2.25. The molecule has 0 bridgehead atoms. The summed E-state index contributed by atoms with van der Waals surface area (Å²) in [5, 5.41) is 11.0. The van der Waals surface area contributed by atoms with Gasteiger partial charge in [0.15, 0.2) is 11.4 Å². The van der Waals surface area contributed by atoms with Gasteiger partial charge in [0.1, 0.15) is 5.76 Å². The number of nitrogens with zero attached hydrogens (tertiary/aromatic N) is 4. The number of rotatable bonds is 10. The summed E-state index contributed by atoms with van der Waals surface area (Å²) in [7, 11) is 4.14. The Morgan fingerprint density at radius 3 is 2.75 bits per heavy atom. The molecule has 1 aliphatic rings. The molecule has 2 N–H and O–H groups in total. The summed E-state index contributed by atoms with van der Waals surface area (Å²) < 4.78 is 7.99. The molecule has 8 heteroatoms. The Morgan fingerprint density at radius 2 is 2.06 bits per heavy atom. The smallest absolute Gasteiger partial charge is 0.243 e. The molecule has 0 fully saturated rings. The van der Waals surface area contributed by atoms with Crippen molar-refractivity contribution in [3.8, 4) is 5.75 Å². The van der Waals surface area contributed by atoms with Crippen LogP contribution in [-0.2, 0) is 11.3 Å². The molecule has 36 heavy (non-hydrogen) atoms. The Balaban J connectivity index is 1.51. The SMILES string of the molecule is C=CC(=O)NC1C=CC=C(Oc2cccn3nc(NC(CC)c4ccc(CN(C)C)cc4)nc23)C1C. The highest BCUT2D eigenvalue weighted by Crippen LogP contribution is 2.28. The fourth-order valence-electron chi connectivity index (χ4n) is 4.24. The van der Waals surface area contributed by atoms with Crippen molar-refractivity contribution in [2.45, 2.75) is 38.9 Å². The van der Waals surface area contributed by atoms with E-state index in [0.29, 0.717) is 17.3 Å². The van der Waals surface area contributed by atoms with E-state index in [1.165, 1.54) is 17.2 Å². The van der Waals surface area contributed by atoms with Crippen LogP contribution in [0.5, 0.6) is 5.75 Å². The Labute approximate surface area is 212 Å². The zero-order chi connectivity index (χ0) is 25.7. The first-order valence-electron chi connectivity index (χ1n) is 12.2. The van der Waals surface area contributed by atoms with Crippen LogP contribution >= 0.6 is 0 Å². The average Bonchev–Trinajstić information content (AvgIpc) is 3.29. The Kier molecular flexibility index (Phi) is 7.85. The van der Waals surface area contributed by atoms with Crippen LogP contribution < -0.4 is 15.4 Å². The second kappa shape index (κ2) is 11.2. The third-order valence-corrected chi connectivity index (χ3v) is 6.21. The first kappa shape index (κ1) is 25.2. The minimum atomic E-state index is -0.217. The number of carbonyl (C=O) groups is 1. The van der Waals surface area contributed by atoms with Gasteiger partial charge in [0, 0.05) is 18.7 Å². The van der Waals surface area contributed by atoms with Crippen molar-refractivity contribution >= 4 is 17.5 Å². The van der Waals surface area contributed by atoms with E-state index in [2.05, 4.69) is 72.5 Å². The van der Waals surface area contributed by atoms with Gasteiger partial charge in [0.2, 0.25) is 11.9 Å². The van der Waals surface area contributed by atoms with Crippen LogP contribution in [0.4, 0.5) is 5.95 Å². The lowest BCUT2D eigenvalue weighted by Crippen LogP contribution is -2.39. The maximum atomic E-state index is 11.8. The predicted molar refractivity (Wildman–Crippen MR) is 143 cm³/mol. The number of amides is 1. The fraction of sp³-hybridized carbons (Fsp3) is 0.321. The number of carbonyl (C=O) groups excluding carboxylic acids is 1. The largest absolute Gasteiger partial charge is 0.457 e. The Morgan fingerprint density at radius 1 is 1.28 bits per heavy atom. The predicted octanol–water partition coefficient (Wildman–Crippen LogP) is 4.49. The Hall–Kier alpha value is -3.91. The highest BCUT2D eigenvalue weighted by molar-refractivity contribution is 5.87. The molecule has 1 aliphatic carbocycles. The third kappa shape index (κ3) is 5.83. The van der Waals surface area contributed by atoms with Gasteiger partial charge in [-0.1, -0.05) is 56.8 Å². The van der Waals surface area contributed by atoms with Crippen LogP contribution in [0.15, 0.2) is 79.2 Å². The third-order valence-electron chi connectivity index (χ3n) is 6.21. The summed E-state index contributed by atoms with van der Waals surface area (Å²) in [5.74, 6) is 1.60. The van der Waals surface area contributed by atoms with Gasteiger partial charge in [-0.05, 0) is 55.9 Å². The average molecular weight is 487 g/mol. The van der Waals surface area contributed by atoms with E-state index in [4.69, 9.17) is 9.72 Å². The number of aromatic nitrogens is 3. The summed E-state index contributed by atoms with van der Waals surface area (Å²) in [5.41, 5.74) is 3.08. The van der Waals surface area contributed by atoms with Crippen molar-refractivity contribution in [1.82, 2.24) is 24.8 Å². The number of fused-ring (bicyclic) bond motifs is 1. The number of anilines is 1. The van der Waals surface area contributed by atoms with E-state index in [-0.39, 0.29) is 23.9 Å². The van der Waals surface area contributed by atoms with E-state index in [1.807, 2.05) is 43.5 Å². The van der Waals surface area contributed by atoms with Gasteiger partial charge in [0.25, 0.3) is 0 Å². The second-order valence-corrected chi connectivity index (χ2v) is 9.24. The Bertz CT molecular complexity index is 1270. The fourth-order valence-corrected chi connectivity index (χ4v) is 4.24. The molecular weight excluding hydrogens is 452 g/mol. The highest BCUT2D eigenvalue weighted by atomic mass is 16.5. The number of nitrogens with one attached hydrogen (secondary N) is 2. The molecule has 0 aliphatic heterocycles. The molecule has 2 heterocycles. The van der Waals surface area contributed by atoms with Crippen LogP contribution in [0.2, 0.25) is 0 Å². The lowest BCUT2D eigenvalue weighted by molar-refractivity contribution is -0.117. The molecule has 0 radical (unpaired) electrons. The summed E-state index contributed by atoms with van der Waals surface area (Å²) >= 11 is 0. The van der Waals surface area contributed by atoms with Gasteiger partial charge in [-0.2, -0.15) is 4.98 Å². The summed E-state index contributed by atoms with van der Waals surface area (Å²) in [6.45, 7) is 8.59. The van der Waals surface area contributed by atoms with Gasteiger partial charge >= 0.3 is 0 Å². The van der Waals surface area contributed by atoms with Crippen LogP contribution in [0.3, 0.4) is 0 Å². The summed E-state index contributed by atoms with van der Waals surface area (Å²) in [6, 6.07) is 12.3. The molecule has 3 unspecified atom stereocenters. The molecule has 0 saturated heterocycles. The van der Waals surface area contributed by atoms with Crippen LogP contribution in [-0.4, -0.2) is 45.5 Å². The van der Waals surface area contributed by atoms with Crippen LogP contribution in [0, 0.1) is 5.92 Å². The molecule has 3 atom stereocenters. The van der Waals surface area contributed by atoms with Gasteiger partial charge in [-0.25, -0.2) is 4.52 Å². The van der Waals surface area contributed by atoms with Crippen molar-refractivity contribution in [2.24, 2.45) is 5.92 Å². The topological polar surface area (TPSA) is 83.8 Å². The van der Waals surface area contributed by atoms with E-state index in [0.717, 1.165) is 18.7 Å². The maximum Gasteiger partial charge on any atom is 0.243 e. The first-order valence-corrected chi connectivity index (χ1v) is 12.2. The molecular formula is C28H34N6O2. The van der Waals surface area contributed by atoms with Gasteiger partial charge in [0.05, 0.1) is 12.1 Å². The number of benzene rings is 1. The number of allylic oxidation sites excluding steroid dienone is 2. The molecule has 8 nitrogen and oxygen atoms in total. The lowest BCUT2D eigenvalue weighted by Gasteiger charge is -2.26. The molecule has 0 spiro atoms. The zero-order valence-electron chi connectivity index (χ0n) is 21.3. The molecule has 3 aromatic rings. The monoisotopic (exact) mass is 486 g/mol. The minimum absolute atomic E-state index is 0.0559. The molecule has 1 amide bonds. The van der Waals surface area contributed by atoms with E-state index in [9.17, 15) is 4.79 Å². The molecule has 1 aromatic carbocycles. The molecule has 188 valence electrons. The lowest BCUT2D eigenvalue weighted by atomic mass is 9.95. The standard InChI is InChI=1S/C28H34N6O2/c1-6-22(21-15-13-20(14-16-21)18-33(4)5)30-28-31-27-25(12-9-17-34(27)32-28)36-24-11-8-10-23(19(24)3)29-26(35)7-2/h7-17,19,22-23H,2,6,18H2,1,3-5H3,(H,29,35)(H,30,32). The quantitative estimate of drug-likeness (QED) is 0.411. The second-order valence-electron chi connectivity index (χ2n) is 9.24. The zero-order valence-corrected chi connectivity index (χ0v) is 21.3. The number of hydrogen-bond donors (Lipinski definition) is 2. The summed E-state index contributed by atoms with van der Waals surface area (Å²) in [6.07, 6.45) is 9.75. The van der Waals surface area contributed by atoms with E-state index < -0.39 is 0 Å². The van der Waals surface area contributed by atoms with Crippen LogP contribution in [0.25, 0.3) is 5.65 Å². The maximum absolute atomic E-state index is 11.8. The van der Waals surface area contributed by atoms with Gasteiger partial charge in [-0.3, -0.25) is 4.79 Å². The molecule has 4 rings (SSSR count). The van der Waals surface area contributed by atoms with Crippen molar-refractivity contribution < 1.29 is 9.53 Å². The van der Waals surface area contributed by atoms with Gasteiger partial charge in [-0.15, -0.1) is 5.10 Å². The first-order chi connectivity index (χ1) is 17.4. The van der Waals surface area contributed by atoms with Crippen molar-refractivity contribution in [2.75, 3.05) is 19.4 Å². The molecule has 0 saturated carbocycles. The molecule has 2 aromatic heterocycles. The van der Waals surface area contributed by atoms with Crippen molar-refractivity contribution in [3.05, 3.63) is 90.4 Å². The number of ether oxygens (including phenoxy) is 1. The van der Waals surface area contributed by atoms with Crippen molar-refractivity contribution in [1.29, 1.82) is 0 Å². The number of hydrogen-bond acceptors (Lipinski definition) is 6. The normalized spacial score (nSPS) is 18.1. The minimum Gasteiger partial charge on any atom is -0.457 e. The van der Waals surface area contributed by atoms with Crippen LogP contribution in [0.1, 0.15) is 37.4 Å².